The predicted octanol–water partition coefficient (Wildman–Crippen LogP) is 2.96. The summed E-state index contributed by atoms with van der Waals surface area (Å²) >= 11 is 0. The first-order valence-electron chi connectivity index (χ1n) is 9.23. The Bertz CT molecular complexity index is 540. The molecule has 0 bridgehead atoms. The second-order valence-corrected chi connectivity index (χ2v) is 6.30. The molecule has 1 atom stereocenters. The van der Waals surface area contributed by atoms with Gasteiger partial charge in [0.1, 0.15) is 17.7 Å². The fourth-order valence-electron chi connectivity index (χ4n) is 2.62. The van der Waals surface area contributed by atoms with Gasteiger partial charge in [0, 0.05) is 33.4 Å². The van der Waals surface area contributed by atoms with Gasteiger partial charge in [-0.1, -0.05) is 0 Å². The smallest absolute Gasteiger partial charge is 0.191 e. The summed E-state index contributed by atoms with van der Waals surface area (Å²) in [4.78, 5) is 4.20. The molecule has 0 amide bonds. The fourth-order valence-corrected chi connectivity index (χ4v) is 2.62. The highest BCUT2D eigenvalue weighted by Crippen LogP contribution is 2.12. The standard InChI is InChI=1S/C19H30FN3O3.HI/c1-15(26-18-6-4-16(20)5-7-18)14-23-19(21-2)22-10-3-11-25-17-8-12-24-13-9-17;/h4-7,15,17H,3,8-14H2,1-2H3,(H2,21,22,23);1H. The Labute approximate surface area is 178 Å². The molecule has 154 valence electrons. The van der Waals surface area contributed by atoms with Gasteiger partial charge < -0.3 is 24.8 Å². The van der Waals surface area contributed by atoms with E-state index in [0.717, 1.165) is 51.6 Å². The van der Waals surface area contributed by atoms with Crippen molar-refractivity contribution in [1.29, 1.82) is 0 Å². The highest BCUT2D eigenvalue weighted by atomic mass is 127. The van der Waals surface area contributed by atoms with Crippen molar-refractivity contribution >= 4 is 29.9 Å². The van der Waals surface area contributed by atoms with E-state index in [1.807, 2.05) is 6.92 Å². The molecule has 0 spiro atoms. The quantitative estimate of drug-likeness (QED) is 0.239. The van der Waals surface area contributed by atoms with E-state index in [0.29, 0.717) is 18.4 Å². The maximum atomic E-state index is 12.9. The first kappa shape index (κ1) is 23.9. The Kier molecular flexibility index (Phi) is 12.4. The second-order valence-electron chi connectivity index (χ2n) is 6.30. The molecule has 1 aliphatic heterocycles. The number of aliphatic imine (C=N–C) groups is 1. The van der Waals surface area contributed by atoms with Crippen molar-refractivity contribution in [3.63, 3.8) is 0 Å². The van der Waals surface area contributed by atoms with Crippen LogP contribution in [-0.4, -0.2) is 58.1 Å². The van der Waals surface area contributed by atoms with E-state index >= 15 is 0 Å². The monoisotopic (exact) mass is 495 g/mol. The van der Waals surface area contributed by atoms with Gasteiger partial charge in [-0.3, -0.25) is 4.99 Å². The lowest BCUT2D eigenvalue weighted by atomic mass is 10.1. The lowest BCUT2D eigenvalue weighted by molar-refractivity contribution is -0.0320. The molecule has 0 radical (unpaired) electrons. The maximum absolute atomic E-state index is 12.9. The SMILES string of the molecule is CN=C(NCCCOC1CCOCC1)NCC(C)Oc1ccc(F)cc1.I. The molecule has 2 N–H and O–H groups in total. The number of benzene rings is 1. The largest absolute Gasteiger partial charge is 0.489 e. The third kappa shape index (κ3) is 10.1. The van der Waals surface area contributed by atoms with E-state index < -0.39 is 0 Å². The molecule has 8 heteroatoms. The molecule has 1 aromatic carbocycles. The first-order chi connectivity index (χ1) is 12.7. The van der Waals surface area contributed by atoms with Gasteiger partial charge in [-0.15, -0.1) is 24.0 Å². The van der Waals surface area contributed by atoms with Crippen molar-refractivity contribution in [3.05, 3.63) is 30.1 Å². The minimum Gasteiger partial charge on any atom is -0.489 e. The van der Waals surface area contributed by atoms with Crippen LogP contribution >= 0.6 is 24.0 Å². The van der Waals surface area contributed by atoms with Gasteiger partial charge >= 0.3 is 0 Å². The molecular formula is C19H31FIN3O3. The molecule has 1 aliphatic rings. The summed E-state index contributed by atoms with van der Waals surface area (Å²) in [5.41, 5.74) is 0. The minimum absolute atomic E-state index is 0. The van der Waals surface area contributed by atoms with Gasteiger partial charge in [0.2, 0.25) is 0 Å². The topological polar surface area (TPSA) is 64.1 Å². The molecule has 1 fully saturated rings. The lowest BCUT2D eigenvalue weighted by Gasteiger charge is -2.22. The zero-order chi connectivity index (χ0) is 18.6. The molecule has 0 aliphatic carbocycles. The average Bonchev–Trinajstić information content (AvgIpc) is 2.66. The third-order valence-electron chi connectivity index (χ3n) is 4.07. The summed E-state index contributed by atoms with van der Waals surface area (Å²) in [5.74, 6) is 1.10. The Morgan fingerprint density at radius 3 is 2.63 bits per heavy atom. The van der Waals surface area contributed by atoms with Crippen LogP contribution in [0.2, 0.25) is 0 Å². The van der Waals surface area contributed by atoms with Crippen molar-refractivity contribution in [1.82, 2.24) is 10.6 Å². The van der Waals surface area contributed by atoms with Crippen LogP contribution in [0.5, 0.6) is 5.75 Å². The molecule has 0 saturated carbocycles. The molecule has 6 nitrogen and oxygen atoms in total. The van der Waals surface area contributed by atoms with Gasteiger partial charge in [-0.2, -0.15) is 0 Å². The Balaban J connectivity index is 0.00000364. The number of hydrogen-bond acceptors (Lipinski definition) is 4. The fraction of sp³-hybridized carbons (Fsp3) is 0.632. The van der Waals surface area contributed by atoms with E-state index in [9.17, 15) is 4.39 Å². The van der Waals surface area contributed by atoms with Crippen molar-refractivity contribution in [2.75, 3.05) is 40.0 Å². The lowest BCUT2D eigenvalue weighted by Crippen LogP contribution is -2.42. The Morgan fingerprint density at radius 2 is 1.96 bits per heavy atom. The van der Waals surface area contributed by atoms with Crippen LogP contribution in [0, 0.1) is 5.82 Å². The van der Waals surface area contributed by atoms with Crippen LogP contribution < -0.4 is 15.4 Å². The number of nitrogens with zero attached hydrogens (tertiary/aromatic N) is 1. The number of nitrogens with one attached hydrogen (secondary N) is 2. The Morgan fingerprint density at radius 1 is 1.26 bits per heavy atom. The summed E-state index contributed by atoms with van der Waals surface area (Å²) in [6.45, 7) is 5.67. The van der Waals surface area contributed by atoms with Crippen LogP contribution in [-0.2, 0) is 9.47 Å². The van der Waals surface area contributed by atoms with Crippen molar-refractivity contribution in [2.45, 2.75) is 38.4 Å². The van der Waals surface area contributed by atoms with Crippen LogP contribution in [0.4, 0.5) is 4.39 Å². The van der Waals surface area contributed by atoms with Crippen LogP contribution in [0.3, 0.4) is 0 Å². The van der Waals surface area contributed by atoms with Crippen molar-refractivity contribution < 1.29 is 18.6 Å². The molecule has 0 aromatic heterocycles. The van der Waals surface area contributed by atoms with Gasteiger partial charge in [0.05, 0.1) is 12.6 Å². The molecule has 1 heterocycles. The molecular weight excluding hydrogens is 464 g/mol. The van der Waals surface area contributed by atoms with E-state index in [-0.39, 0.29) is 35.9 Å². The summed E-state index contributed by atoms with van der Waals surface area (Å²) < 4.78 is 29.8. The molecule has 2 rings (SSSR count). The van der Waals surface area contributed by atoms with Gasteiger partial charge in [0.15, 0.2) is 5.96 Å². The van der Waals surface area contributed by atoms with Crippen molar-refractivity contribution in [2.24, 2.45) is 4.99 Å². The summed E-state index contributed by atoms with van der Waals surface area (Å²) in [6.07, 6.45) is 3.16. The summed E-state index contributed by atoms with van der Waals surface area (Å²) in [6, 6.07) is 6.02. The molecule has 1 unspecified atom stereocenters. The zero-order valence-electron chi connectivity index (χ0n) is 16.1. The summed E-state index contributed by atoms with van der Waals surface area (Å²) in [5, 5.41) is 6.49. The highest BCUT2D eigenvalue weighted by Gasteiger charge is 2.13. The van der Waals surface area contributed by atoms with E-state index in [1.54, 1.807) is 19.2 Å². The van der Waals surface area contributed by atoms with Gasteiger partial charge in [0.25, 0.3) is 0 Å². The number of hydrogen-bond donors (Lipinski definition) is 2. The number of ether oxygens (including phenoxy) is 3. The zero-order valence-corrected chi connectivity index (χ0v) is 18.4. The van der Waals surface area contributed by atoms with Gasteiger partial charge in [-0.05, 0) is 50.5 Å². The predicted molar refractivity (Wildman–Crippen MR) is 116 cm³/mol. The minimum atomic E-state index is -0.270. The molecule has 27 heavy (non-hydrogen) atoms. The number of guanidine groups is 1. The summed E-state index contributed by atoms with van der Waals surface area (Å²) in [7, 11) is 1.74. The van der Waals surface area contributed by atoms with Crippen LogP contribution in [0.25, 0.3) is 0 Å². The Hall–Kier alpha value is -1.13. The van der Waals surface area contributed by atoms with E-state index in [1.165, 1.54) is 12.1 Å². The van der Waals surface area contributed by atoms with E-state index in [2.05, 4.69) is 15.6 Å². The second kappa shape index (κ2) is 14.0. The molecule has 1 aromatic rings. The van der Waals surface area contributed by atoms with Crippen molar-refractivity contribution in [3.8, 4) is 5.75 Å². The third-order valence-corrected chi connectivity index (χ3v) is 4.07. The first-order valence-corrected chi connectivity index (χ1v) is 9.23. The maximum Gasteiger partial charge on any atom is 0.191 e. The van der Waals surface area contributed by atoms with Crippen LogP contribution in [0.15, 0.2) is 29.3 Å². The van der Waals surface area contributed by atoms with Crippen LogP contribution in [0.1, 0.15) is 26.2 Å². The normalized spacial score (nSPS) is 16.3. The highest BCUT2D eigenvalue weighted by molar-refractivity contribution is 14.0. The van der Waals surface area contributed by atoms with E-state index in [4.69, 9.17) is 14.2 Å². The van der Waals surface area contributed by atoms with Gasteiger partial charge in [-0.25, -0.2) is 4.39 Å². The number of rotatable bonds is 9. The molecule has 1 saturated heterocycles. The number of halogens is 2. The average molecular weight is 495 g/mol.